The number of hydrogen-bond donors (Lipinski definition) is 2. The van der Waals surface area contributed by atoms with E-state index >= 15 is 0 Å². The van der Waals surface area contributed by atoms with Crippen molar-refractivity contribution in [1.82, 2.24) is 15.3 Å². The second-order valence-corrected chi connectivity index (χ2v) is 5.95. The van der Waals surface area contributed by atoms with Crippen molar-refractivity contribution in [3.05, 3.63) is 54.6 Å². The molecular formula is C18H20N4O3. The molecule has 2 aromatic rings. The molecule has 2 amide bonds. The van der Waals surface area contributed by atoms with Crippen molar-refractivity contribution in [2.45, 2.75) is 37.8 Å². The molecule has 0 aliphatic heterocycles. The standard InChI is InChI=1S/C18H20N4O3/c23-17(16-12-19-9-10-20-16)21-14-7-4-8-15(11-14)25-18(24)22-13-5-2-1-3-6-13/h1-3,5-6,9-10,12,14-15H,4,7-8,11H2,(H,21,23)(H,22,24)/t14-,15-/m1/s1. The van der Waals surface area contributed by atoms with E-state index in [0.717, 1.165) is 19.3 Å². The minimum atomic E-state index is -0.475. The Hall–Kier alpha value is -2.96. The van der Waals surface area contributed by atoms with Crippen LogP contribution in [0.2, 0.25) is 0 Å². The number of nitrogens with zero attached hydrogens (tertiary/aromatic N) is 2. The molecule has 0 spiro atoms. The van der Waals surface area contributed by atoms with E-state index in [0.29, 0.717) is 12.1 Å². The van der Waals surface area contributed by atoms with Gasteiger partial charge in [0, 0.05) is 30.5 Å². The number of nitrogens with one attached hydrogen (secondary N) is 2. The van der Waals surface area contributed by atoms with E-state index in [4.69, 9.17) is 4.74 Å². The smallest absolute Gasteiger partial charge is 0.411 e. The highest BCUT2D eigenvalue weighted by atomic mass is 16.6. The topological polar surface area (TPSA) is 93.2 Å². The third-order valence-electron chi connectivity index (χ3n) is 4.05. The van der Waals surface area contributed by atoms with Crippen LogP contribution in [0, 0.1) is 0 Å². The molecule has 1 saturated carbocycles. The summed E-state index contributed by atoms with van der Waals surface area (Å²) in [6.45, 7) is 0. The summed E-state index contributed by atoms with van der Waals surface area (Å²) in [6.07, 6.45) is 6.86. The van der Waals surface area contributed by atoms with Crippen LogP contribution >= 0.6 is 0 Å². The molecule has 7 nitrogen and oxygen atoms in total. The molecule has 1 fully saturated rings. The molecule has 3 rings (SSSR count). The van der Waals surface area contributed by atoms with Gasteiger partial charge in [-0.3, -0.25) is 15.1 Å². The van der Waals surface area contributed by atoms with E-state index in [9.17, 15) is 9.59 Å². The predicted molar refractivity (Wildman–Crippen MR) is 92.1 cm³/mol. The first-order chi connectivity index (χ1) is 12.2. The molecule has 0 radical (unpaired) electrons. The van der Waals surface area contributed by atoms with E-state index < -0.39 is 6.09 Å². The number of hydrogen-bond acceptors (Lipinski definition) is 5. The fraction of sp³-hybridized carbons (Fsp3) is 0.333. The normalized spacial score (nSPS) is 19.7. The Labute approximate surface area is 145 Å². The summed E-state index contributed by atoms with van der Waals surface area (Å²) in [4.78, 5) is 32.0. The number of anilines is 1. The Morgan fingerprint density at radius 3 is 2.72 bits per heavy atom. The maximum absolute atomic E-state index is 12.1. The highest BCUT2D eigenvalue weighted by Crippen LogP contribution is 2.22. The first-order valence-electron chi connectivity index (χ1n) is 8.30. The lowest BCUT2D eigenvalue weighted by molar-refractivity contribution is 0.0711. The number of carbonyl (C=O) groups is 2. The third kappa shape index (κ3) is 5.00. The molecule has 130 valence electrons. The summed E-state index contributed by atoms with van der Waals surface area (Å²) in [7, 11) is 0. The number of rotatable bonds is 4. The number of ether oxygens (including phenoxy) is 1. The van der Waals surface area contributed by atoms with Crippen molar-refractivity contribution >= 4 is 17.7 Å². The van der Waals surface area contributed by atoms with Crippen molar-refractivity contribution < 1.29 is 14.3 Å². The van der Waals surface area contributed by atoms with Gasteiger partial charge in [-0.05, 0) is 31.4 Å². The van der Waals surface area contributed by atoms with Gasteiger partial charge in [0.15, 0.2) is 0 Å². The molecule has 1 aliphatic carbocycles. The summed E-state index contributed by atoms with van der Waals surface area (Å²) in [5, 5.41) is 5.64. The largest absolute Gasteiger partial charge is 0.446 e. The lowest BCUT2D eigenvalue weighted by Crippen LogP contribution is -2.41. The Balaban J connectivity index is 1.49. The van der Waals surface area contributed by atoms with Crippen LogP contribution in [0.5, 0.6) is 0 Å². The van der Waals surface area contributed by atoms with Crippen LogP contribution in [-0.2, 0) is 4.74 Å². The van der Waals surface area contributed by atoms with Gasteiger partial charge in [-0.25, -0.2) is 9.78 Å². The third-order valence-corrected chi connectivity index (χ3v) is 4.05. The van der Waals surface area contributed by atoms with Crippen molar-refractivity contribution in [3.8, 4) is 0 Å². The van der Waals surface area contributed by atoms with Crippen LogP contribution in [0.15, 0.2) is 48.9 Å². The monoisotopic (exact) mass is 340 g/mol. The maximum Gasteiger partial charge on any atom is 0.411 e. The first kappa shape index (κ1) is 16.9. The van der Waals surface area contributed by atoms with Gasteiger partial charge in [-0.1, -0.05) is 18.2 Å². The molecule has 1 aliphatic rings. The Morgan fingerprint density at radius 1 is 1.12 bits per heavy atom. The summed E-state index contributed by atoms with van der Waals surface area (Å²) in [5.41, 5.74) is 0.975. The number of para-hydroxylation sites is 1. The molecule has 1 aromatic heterocycles. The average Bonchev–Trinajstić information content (AvgIpc) is 2.63. The maximum atomic E-state index is 12.1. The minimum absolute atomic E-state index is 0.0437. The van der Waals surface area contributed by atoms with Crippen molar-refractivity contribution in [2.75, 3.05) is 5.32 Å². The quantitative estimate of drug-likeness (QED) is 0.893. The fourth-order valence-electron chi connectivity index (χ4n) is 2.88. The van der Waals surface area contributed by atoms with E-state index in [2.05, 4.69) is 20.6 Å². The summed E-state index contributed by atoms with van der Waals surface area (Å²) in [6, 6.07) is 9.11. The van der Waals surface area contributed by atoms with Crippen LogP contribution in [0.4, 0.5) is 10.5 Å². The zero-order valence-corrected chi connectivity index (χ0v) is 13.7. The van der Waals surface area contributed by atoms with Gasteiger partial charge in [-0.2, -0.15) is 0 Å². The van der Waals surface area contributed by atoms with Gasteiger partial charge in [-0.15, -0.1) is 0 Å². The molecular weight excluding hydrogens is 320 g/mol. The second kappa shape index (κ2) is 8.23. The van der Waals surface area contributed by atoms with Gasteiger partial charge in [0.2, 0.25) is 0 Å². The van der Waals surface area contributed by atoms with Crippen LogP contribution in [0.1, 0.15) is 36.2 Å². The van der Waals surface area contributed by atoms with E-state index in [1.54, 1.807) is 12.1 Å². The predicted octanol–water partition coefficient (Wildman–Crippen LogP) is 2.77. The van der Waals surface area contributed by atoms with Crippen LogP contribution < -0.4 is 10.6 Å². The Morgan fingerprint density at radius 2 is 1.96 bits per heavy atom. The molecule has 25 heavy (non-hydrogen) atoms. The molecule has 7 heteroatoms. The Bertz CT molecular complexity index is 709. The summed E-state index contributed by atoms with van der Waals surface area (Å²) in [5.74, 6) is -0.257. The fourth-order valence-corrected chi connectivity index (χ4v) is 2.88. The van der Waals surface area contributed by atoms with Crippen LogP contribution in [-0.4, -0.2) is 34.1 Å². The second-order valence-electron chi connectivity index (χ2n) is 5.95. The molecule has 0 saturated heterocycles. The van der Waals surface area contributed by atoms with E-state index in [1.165, 1.54) is 18.6 Å². The lowest BCUT2D eigenvalue weighted by Gasteiger charge is -2.29. The van der Waals surface area contributed by atoms with Crippen molar-refractivity contribution in [3.63, 3.8) is 0 Å². The molecule has 1 heterocycles. The first-order valence-corrected chi connectivity index (χ1v) is 8.30. The van der Waals surface area contributed by atoms with Gasteiger partial charge >= 0.3 is 6.09 Å². The molecule has 0 unspecified atom stereocenters. The molecule has 1 aromatic carbocycles. The van der Waals surface area contributed by atoms with Crippen molar-refractivity contribution in [2.24, 2.45) is 0 Å². The SMILES string of the molecule is O=C(Nc1ccccc1)O[C@@H]1CCC[C@@H](NC(=O)c2cnccn2)C1. The number of benzene rings is 1. The van der Waals surface area contributed by atoms with E-state index in [1.807, 2.05) is 18.2 Å². The van der Waals surface area contributed by atoms with Gasteiger partial charge in [0.25, 0.3) is 5.91 Å². The van der Waals surface area contributed by atoms with Gasteiger partial charge in [0.1, 0.15) is 11.8 Å². The van der Waals surface area contributed by atoms with Gasteiger partial charge < -0.3 is 10.1 Å². The number of aromatic nitrogens is 2. The summed E-state index contributed by atoms with van der Waals surface area (Å²) < 4.78 is 5.48. The zero-order chi connectivity index (χ0) is 17.5. The Kier molecular flexibility index (Phi) is 5.56. The average molecular weight is 340 g/mol. The van der Waals surface area contributed by atoms with Gasteiger partial charge in [0.05, 0.1) is 6.20 Å². The number of carbonyl (C=O) groups excluding carboxylic acids is 2. The minimum Gasteiger partial charge on any atom is -0.446 e. The highest BCUT2D eigenvalue weighted by Gasteiger charge is 2.26. The summed E-state index contributed by atoms with van der Waals surface area (Å²) >= 11 is 0. The van der Waals surface area contributed by atoms with Crippen LogP contribution in [0.3, 0.4) is 0 Å². The van der Waals surface area contributed by atoms with Crippen molar-refractivity contribution in [1.29, 1.82) is 0 Å². The lowest BCUT2D eigenvalue weighted by atomic mass is 9.93. The number of amides is 2. The molecule has 0 bridgehead atoms. The zero-order valence-electron chi connectivity index (χ0n) is 13.7. The van der Waals surface area contributed by atoms with Crippen LogP contribution in [0.25, 0.3) is 0 Å². The molecule has 2 N–H and O–H groups in total. The van der Waals surface area contributed by atoms with E-state index in [-0.39, 0.29) is 23.7 Å². The molecule has 2 atom stereocenters. The highest BCUT2D eigenvalue weighted by molar-refractivity contribution is 5.92.